The number of aryl methyl sites for hydroxylation is 2. The normalized spacial score (nSPS) is 13.2. The number of H-pyrrole nitrogens is 2. The number of amides is 2. The number of ether oxygens (including phenoxy) is 1. The van der Waals surface area contributed by atoms with Gasteiger partial charge in [-0.2, -0.15) is 15.3 Å². The van der Waals surface area contributed by atoms with Crippen LogP contribution in [0.3, 0.4) is 0 Å². The average Bonchev–Trinajstić information content (AvgIpc) is 4.19. The highest BCUT2D eigenvalue weighted by Crippen LogP contribution is 2.34. The summed E-state index contributed by atoms with van der Waals surface area (Å²) in [6.45, 7) is 15.2. The van der Waals surface area contributed by atoms with Crippen LogP contribution in [0.2, 0.25) is 15.1 Å². The number of aromatic nitrogens is 8. The molecule has 2 aromatic carbocycles. The number of hydrogen-bond acceptors (Lipinski definition) is 9. The lowest BCUT2D eigenvalue weighted by Crippen LogP contribution is -2.38. The number of nitrogens with one attached hydrogen (secondary N) is 2. The number of benzene rings is 2. The van der Waals surface area contributed by atoms with Gasteiger partial charge in [-0.15, -0.1) is 11.6 Å². The molecule has 22 heteroatoms. The summed E-state index contributed by atoms with van der Waals surface area (Å²) in [5.41, 5.74) is 6.54. The highest BCUT2D eigenvalue weighted by molar-refractivity contribution is 6.34. The van der Waals surface area contributed by atoms with E-state index in [-0.39, 0.29) is 41.6 Å². The predicted molar refractivity (Wildman–Crippen MR) is 279 cm³/mol. The zero-order valence-corrected chi connectivity index (χ0v) is 44.7. The minimum absolute atomic E-state index is 0.0127. The highest BCUT2D eigenvalue weighted by atomic mass is 35.5. The topological polar surface area (TPSA) is 192 Å². The van der Waals surface area contributed by atoms with Crippen LogP contribution in [-0.2, 0) is 44.9 Å². The summed E-state index contributed by atoms with van der Waals surface area (Å²) in [7, 11) is 0. The van der Waals surface area contributed by atoms with E-state index in [1.165, 1.54) is 24.3 Å². The Bertz CT molecular complexity index is 3040. The van der Waals surface area contributed by atoms with Crippen molar-refractivity contribution in [3.63, 3.8) is 0 Å². The van der Waals surface area contributed by atoms with E-state index in [1.807, 2.05) is 40.6 Å². The molecule has 4 N–H and O–H groups in total. The van der Waals surface area contributed by atoms with Crippen LogP contribution in [-0.4, -0.2) is 92.9 Å². The second kappa shape index (κ2) is 23.9. The Morgan fingerprint density at radius 3 is 1.53 bits per heavy atom. The van der Waals surface area contributed by atoms with E-state index in [0.29, 0.717) is 57.5 Å². The van der Waals surface area contributed by atoms with Gasteiger partial charge in [0.05, 0.1) is 50.1 Å². The van der Waals surface area contributed by atoms with Crippen molar-refractivity contribution in [1.82, 2.24) is 39.3 Å². The van der Waals surface area contributed by atoms with Gasteiger partial charge in [0.15, 0.2) is 5.69 Å². The number of fused-ring (bicyclic) bond motifs is 2. The Hall–Kier alpha value is -6.02. The Labute approximate surface area is 441 Å². The summed E-state index contributed by atoms with van der Waals surface area (Å²) in [4.78, 5) is 39.6. The van der Waals surface area contributed by atoms with Crippen LogP contribution in [0, 0.1) is 32.4 Å². The van der Waals surface area contributed by atoms with Gasteiger partial charge < -0.3 is 33.9 Å². The molecule has 0 bridgehead atoms. The highest BCUT2D eigenvalue weighted by Gasteiger charge is 2.30. The first-order valence-corrected chi connectivity index (χ1v) is 25.0. The van der Waals surface area contributed by atoms with E-state index in [0.717, 1.165) is 65.5 Å². The smallest absolute Gasteiger partial charge is 0.360 e. The first kappa shape index (κ1) is 56.3. The monoisotopic (exact) mass is 1080 g/mol. The van der Waals surface area contributed by atoms with Crippen molar-refractivity contribution >= 4 is 75.6 Å². The predicted octanol–water partition coefficient (Wildman–Crippen LogP) is 10.3. The molecular formula is C51H58Cl4F2N10O6. The molecule has 0 aliphatic carbocycles. The molecule has 0 fully saturated rings. The molecule has 0 radical (unpaired) electrons. The quantitative estimate of drug-likeness (QED) is 0.0804. The lowest BCUT2D eigenvalue weighted by atomic mass is 10.1. The largest absolute Gasteiger partial charge is 0.461 e. The molecule has 5 aromatic heterocycles. The van der Waals surface area contributed by atoms with Crippen molar-refractivity contribution in [2.75, 3.05) is 35.4 Å². The van der Waals surface area contributed by atoms with Crippen LogP contribution in [0.5, 0.6) is 0 Å². The van der Waals surface area contributed by atoms with Gasteiger partial charge in [-0.05, 0) is 142 Å². The molecule has 2 aliphatic rings. The second-order valence-corrected chi connectivity index (χ2v) is 19.6. The fraction of sp³-hybridized carbons (Fsp3) is 0.373. The van der Waals surface area contributed by atoms with Crippen molar-refractivity contribution in [3.05, 3.63) is 145 Å². The molecule has 7 heterocycles. The molecule has 2 amide bonds. The third kappa shape index (κ3) is 13.2. The molecule has 0 saturated carbocycles. The van der Waals surface area contributed by atoms with Gasteiger partial charge in [0.1, 0.15) is 46.6 Å². The molecule has 0 unspecified atom stereocenters. The number of carbonyl (C=O) groups is 3. The number of rotatable bonds is 9. The molecule has 2 aliphatic heterocycles. The van der Waals surface area contributed by atoms with Gasteiger partial charge in [-0.1, -0.05) is 34.8 Å². The number of carbonyl (C=O) groups excluding carboxylic acids is 3. The van der Waals surface area contributed by atoms with Crippen molar-refractivity contribution in [2.24, 2.45) is 0 Å². The van der Waals surface area contributed by atoms with Crippen LogP contribution < -0.4 is 9.80 Å². The molecule has 390 valence electrons. The Balaban J connectivity index is 0.000000173. The van der Waals surface area contributed by atoms with Crippen LogP contribution in [0.1, 0.15) is 97.8 Å². The fourth-order valence-electron chi connectivity index (χ4n) is 8.08. The summed E-state index contributed by atoms with van der Waals surface area (Å²) in [5, 5.41) is 38.3. The van der Waals surface area contributed by atoms with Gasteiger partial charge in [-0.3, -0.25) is 24.5 Å². The third-order valence-corrected chi connectivity index (χ3v) is 13.4. The molecule has 9 rings (SSSR count). The first-order chi connectivity index (χ1) is 34.5. The van der Waals surface area contributed by atoms with Crippen molar-refractivity contribution < 1.29 is 38.1 Å². The van der Waals surface area contributed by atoms with Crippen LogP contribution in [0.4, 0.5) is 20.2 Å². The van der Waals surface area contributed by atoms with E-state index in [9.17, 15) is 33.4 Å². The number of halogens is 6. The lowest BCUT2D eigenvalue weighted by Gasteiger charge is -2.28. The number of anilines is 2. The Morgan fingerprint density at radius 1 is 0.685 bits per heavy atom. The summed E-state index contributed by atoms with van der Waals surface area (Å²) >= 11 is 23.6. The first-order valence-electron chi connectivity index (χ1n) is 23.3. The summed E-state index contributed by atoms with van der Waals surface area (Å²) in [6.07, 6.45) is 7.28. The molecule has 7 aromatic rings. The summed E-state index contributed by atoms with van der Waals surface area (Å²) < 4.78 is 36.5. The number of hydrogen-bond donors (Lipinski definition) is 4. The molecule has 73 heavy (non-hydrogen) atoms. The summed E-state index contributed by atoms with van der Waals surface area (Å²) in [6, 6.07) is 16.5. The van der Waals surface area contributed by atoms with E-state index in [2.05, 4.69) is 25.5 Å². The lowest BCUT2D eigenvalue weighted by molar-refractivity contribution is -0.119. The maximum atomic E-state index is 13.3. The van der Waals surface area contributed by atoms with Crippen molar-refractivity contribution in [2.45, 2.75) is 98.8 Å². The van der Waals surface area contributed by atoms with E-state index >= 15 is 0 Å². The zero-order valence-electron chi connectivity index (χ0n) is 41.7. The fourth-order valence-corrected chi connectivity index (χ4v) is 9.07. The van der Waals surface area contributed by atoms with E-state index < -0.39 is 17.2 Å². The molecule has 0 spiro atoms. The minimum atomic E-state index is -1.19. The standard InChI is InChI=1S/C22H24ClFN4O2.C15H14ClFN2O.C7H9ClN2O2.C7H11ClN2O/c1-14-20(23)21(22(2,3)30)25-28(14)13-19(29)27-11-4-5-17-18(27)10-12-26(17)16-8-6-15(24)7-9-16;16-10-15(20)19-8-1-2-13-14(19)7-9-18(13)12-5-3-11(17)4-6-12;1-3-12-7(11)6-5(8)4(2)9-10-6;1-4-5(8)6(10-9-4)7(2,3)11/h6-10,12,30H,4-5,11,13H2,1-3H3;3-7,9H,1-2,8,10H2;3H2,1-2H3,(H,9,10);11H,1-3H3,(H,9,10). The number of aromatic amines is 2. The van der Waals surface area contributed by atoms with Gasteiger partial charge in [0, 0.05) is 48.2 Å². The van der Waals surface area contributed by atoms with Crippen LogP contribution in [0.15, 0.2) is 73.1 Å². The van der Waals surface area contributed by atoms with Gasteiger partial charge in [0.25, 0.3) is 0 Å². The van der Waals surface area contributed by atoms with Gasteiger partial charge in [-0.25, -0.2) is 13.6 Å². The maximum Gasteiger partial charge on any atom is 0.360 e. The molecule has 0 saturated heterocycles. The zero-order chi connectivity index (χ0) is 53.5. The van der Waals surface area contributed by atoms with E-state index in [1.54, 1.807) is 87.2 Å². The average molecular weight is 1090 g/mol. The molecule has 16 nitrogen and oxygen atoms in total. The molecular weight excluding hydrogens is 1030 g/mol. The van der Waals surface area contributed by atoms with E-state index in [4.69, 9.17) is 51.1 Å². The SMILES string of the molecule is CCOC(=O)c1n[nH]c(C)c1Cl.Cc1[nH]nc(C(C)(C)O)c1Cl.Cc1c(Cl)c(C(C)(C)O)nn1CC(=O)N1CCCc2c1ccn2-c1ccc(F)cc1.O=C(CCl)N1CCCc2c1ccn2-c1ccc(F)cc1. The maximum absolute atomic E-state index is 13.3. The van der Waals surface area contributed by atoms with Crippen molar-refractivity contribution in [3.8, 4) is 11.4 Å². The Kier molecular flexibility index (Phi) is 18.4. The van der Waals surface area contributed by atoms with Gasteiger partial charge in [0.2, 0.25) is 11.8 Å². The van der Waals surface area contributed by atoms with Crippen LogP contribution >= 0.6 is 46.4 Å². The number of aliphatic hydroxyl groups is 2. The molecule has 0 atom stereocenters. The van der Waals surface area contributed by atoms with Crippen LogP contribution in [0.25, 0.3) is 11.4 Å². The summed E-state index contributed by atoms with van der Waals surface area (Å²) in [5.74, 6) is -1.22. The third-order valence-electron chi connectivity index (χ3n) is 11.8. The number of esters is 1. The second-order valence-electron chi connectivity index (χ2n) is 18.2. The van der Waals surface area contributed by atoms with Gasteiger partial charge >= 0.3 is 5.97 Å². The Morgan fingerprint density at radius 2 is 1.15 bits per heavy atom. The van der Waals surface area contributed by atoms with Crippen molar-refractivity contribution in [1.29, 1.82) is 0 Å². The number of nitrogens with zero attached hydrogens (tertiary/aromatic N) is 8. The minimum Gasteiger partial charge on any atom is -0.461 e. The number of alkyl halides is 1.